The molecule has 2 aromatic carbocycles. The lowest BCUT2D eigenvalue weighted by atomic mass is 9.78. The van der Waals surface area contributed by atoms with Crippen LogP contribution in [0.3, 0.4) is 0 Å². The summed E-state index contributed by atoms with van der Waals surface area (Å²) in [5, 5.41) is 1.07. The zero-order valence-electron chi connectivity index (χ0n) is 25.0. The minimum absolute atomic E-state index is 0. The predicted octanol–water partition coefficient (Wildman–Crippen LogP) is 8.78. The summed E-state index contributed by atoms with van der Waals surface area (Å²) in [6.07, 6.45) is 1.41. The standard InChI is InChI=1S/C19H21BClNO4.C13H9BrClNO2.2CH4/c1-18(2)19(3,4)26-20(25-18)14-8-6-7-13(16(14)21)15-10-9-12(11-23)17(22-15)24-5;1-18-13-8(7-17)5-6-11(16-13)9-3-2-4-10(14)12(9)15;;/h6-11H,1-5H3;2-7H,1H3;2*1H4. The second kappa shape index (κ2) is 16.0. The monoisotopic (exact) mass is 730 g/mol. The van der Waals surface area contributed by atoms with Crippen LogP contribution in [-0.2, 0) is 9.31 Å². The zero-order chi connectivity index (χ0) is 32.2. The number of methoxy groups -OCH3 is 2. The molecule has 8 nitrogen and oxygen atoms in total. The Morgan fingerprint density at radius 1 is 0.717 bits per heavy atom. The fourth-order valence-corrected chi connectivity index (χ4v) is 5.21. The number of rotatable bonds is 7. The highest BCUT2D eigenvalue weighted by atomic mass is 79.9. The molecule has 1 fully saturated rings. The van der Waals surface area contributed by atoms with E-state index in [1.807, 2.05) is 64.1 Å². The fraction of sp³-hybridized carbons (Fsp3) is 0.294. The Labute approximate surface area is 290 Å². The van der Waals surface area contributed by atoms with Crippen molar-refractivity contribution in [1.29, 1.82) is 0 Å². The Kier molecular flexibility index (Phi) is 13.5. The summed E-state index contributed by atoms with van der Waals surface area (Å²) >= 11 is 16.2. The van der Waals surface area contributed by atoms with Crippen molar-refractivity contribution in [2.24, 2.45) is 0 Å². The molecule has 0 N–H and O–H groups in total. The number of pyridine rings is 2. The van der Waals surface area contributed by atoms with Crippen molar-refractivity contribution >= 4 is 64.3 Å². The van der Waals surface area contributed by atoms with E-state index in [9.17, 15) is 9.59 Å². The van der Waals surface area contributed by atoms with E-state index in [4.69, 9.17) is 42.0 Å². The molecule has 0 atom stereocenters. The van der Waals surface area contributed by atoms with E-state index in [0.29, 0.717) is 51.0 Å². The van der Waals surface area contributed by atoms with Gasteiger partial charge in [-0.05, 0) is 74.0 Å². The third kappa shape index (κ3) is 7.98. The molecule has 0 unspecified atom stereocenters. The molecule has 12 heteroatoms. The van der Waals surface area contributed by atoms with Gasteiger partial charge in [0.2, 0.25) is 11.8 Å². The maximum atomic E-state index is 11.1. The summed E-state index contributed by atoms with van der Waals surface area (Å²) in [7, 11) is 2.38. The second-order valence-electron chi connectivity index (χ2n) is 10.7. The second-order valence-corrected chi connectivity index (χ2v) is 12.3. The van der Waals surface area contributed by atoms with E-state index >= 15 is 0 Å². The molecule has 0 bridgehead atoms. The molecule has 0 amide bonds. The number of nitrogens with zero attached hydrogens (tertiary/aromatic N) is 2. The Bertz CT molecular complexity index is 1690. The average Bonchev–Trinajstić information content (AvgIpc) is 3.24. The summed E-state index contributed by atoms with van der Waals surface area (Å²) in [6.45, 7) is 7.98. The molecule has 0 spiro atoms. The lowest BCUT2D eigenvalue weighted by molar-refractivity contribution is 0.00578. The normalized spacial score (nSPS) is 14.2. The first-order chi connectivity index (χ1) is 20.9. The maximum absolute atomic E-state index is 11.1. The van der Waals surface area contributed by atoms with Crippen molar-refractivity contribution in [3.63, 3.8) is 0 Å². The number of hydrogen-bond acceptors (Lipinski definition) is 8. The number of hydrogen-bond donors (Lipinski definition) is 0. The number of halogens is 3. The van der Waals surface area contributed by atoms with E-state index in [2.05, 4.69) is 25.9 Å². The fourth-order valence-electron chi connectivity index (χ4n) is 4.31. The van der Waals surface area contributed by atoms with Gasteiger partial charge in [-0.1, -0.05) is 68.4 Å². The minimum atomic E-state index is -0.566. The Hall–Kier alpha value is -3.28. The predicted molar refractivity (Wildman–Crippen MR) is 190 cm³/mol. The van der Waals surface area contributed by atoms with Crippen molar-refractivity contribution in [2.75, 3.05) is 14.2 Å². The SMILES string of the molecule is C.C.COc1nc(-c2cccc(B3OC(C)(C)C(C)(C)O3)c2Cl)ccc1C=O.COc1nc(-c2cccc(Br)c2Cl)ccc1C=O. The van der Waals surface area contributed by atoms with Crippen LogP contribution >= 0.6 is 39.1 Å². The third-order valence-electron chi connectivity index (χ3n) is 7.46. The lowest BCUT2D eigenvalue weighted by Crippen LogP contribution is -2.41. The number of carbonyl (C=O) groups excluding carboxylic acids is 2. The quantitative estimate of drug-likeness (QED) is 0.138. The van der Waals surface area contributed by atoms with Crippen molar-refractivity contribution in [2.45, 2.75) is 53.8 Å². The molecule has 1 aliphatic heterocycles. The Balaban J connectivity index is 0.000000326. The zero-order valence-corrected chi connectivity index (χ0v) is 28.1. The van der Waals surface area contributed by atoms with Crippen LogP contribution in [0.4, 0.5) is 0 Å². The van der Waals surface area contributed by atoms with Gasteiger partial charge in [0.05, 0.1) is 53.0 Å². The third-order valence-corrected chi connectivity index (χ3v) is 9.18. The highest BCUT2D eigenvalue weighted by Gasteiger charge is 2.52. The van der Waals surface area contributed by atoms with Crippen LogP contribution in [0.25, 0.3) is 22.5 Å². The Morgan fingerprint density at radius 2 is 1.15 bits per heavy atom. The minimum Gasteiger partial charge on any atom is -0.480 e. The molecule has 0 aliphatic carbocycles. The summed E-state index contributed by atoms with van der Waals surface area (Å²) < 4.78 is 23.3. The molecule has 5 rings (SSSR count). The molecule has 0 saturated carbocycles. The summed E-state index contributed by atoms with van der Waals surface area (Å²) in [6, 6.07) is 18.0. The van der Waals surface area contributed by atoms with Gasteiger partial charge in [-0.2, -0.15) is 0 Å². The first-order valence-electron chi connectivity index (χ1n) is 13.5. The molecule has 244 valence electrons. The van der Waals surface area contributed by atoms with Crippen LogP contribution in [0.5, 0.6) is 11.8 Å². The average molecular weight is 732 g/mol. The van der Waals surface area contributed by atoms with Gasteiger partial charge in [-0.25, -0.2) is 9.97 Å². The highest BCUT2D eigenvalue weighted by Crippen LogP contribution is 2.38. The Morgan fingerprint density at radius 3 is 1.59 bits per heavy atom. The summed E-state index contributed by atoms with van der Waals surface area (Å²) in [4.78, 5) is 30.5. The lowest BCUT2D eigenvalue weighted by Gasteiger charge is -2.32. The molecule has 2 aromatic heterocycles. The molecular formula is C34H38BBrCl2N2O6. The maximum Gasteiger partial charge on any atom is 0.496 e. The van der Waals surface area contributed by atoms with Crippen LogP contribution in [0, 0.1) is 0 Å². The van der Waals surface area contributed by atoms with Gasteiger partial charge >= 0.3 is 7.12 Å². The van der Waals surface area contributed by atoms with Crippen LogP contribution in [0.2, 0.25) is 10.0 Å². The molecule has 1 saturated heterocycles. The first kappa shape index (κ1) is 38.9. The first-order valence-corrected chi connectivity index (χ1v) is 15.0. The van der Waals surface area contributed by atoms with Gasteiger partial charge in [0.15, 0.2) is 12.6 Å². The highest BCUT2D eigenvalue weighted by molar-refractivity contribution is 9.10. The molecule has 46 heavy (non-hydrogen) atoms. The molecular weight excluding hydrogens is 694 g/mol. The molecule has 4 aromatic rings. The van der Waals surface area contributed by atoms with E-state index in [-0.39, 0.29) is 20.7 Å². The number of ether oxygens (including phenoxy) is 2. The number of benzene rings is 2. The van der Waals surface area contributed by atoms with Gasteiger partial charge in [0.1, 0.15) is 0 Å². The van der Waals surface area contributed by atoms with Crippen LogP contribution in [0.15, 0.2) is 65.1 Å². The van der Waals surface area contributed by atoms with Gasteiger partial charge in [0, 0.05) is 26.1 Å². The smallest absolute Gasteiger partial charge is 0.480 e. The number of aldehydes is 2. The van der Waals surface area contributed by atoms with Gasteiger partial charge < -0.3 is 18.8 Å². The summed E-state index contributed by atoms with van der Waals surface area (Å²) in [5.41, 5.74) is 3.38. The largest absolute Gasteiger partial charge is 0.496 e. The molecule has 1 aliphatic rings. The van der Waals surface area contributed by atoms with Crippen molar-refractivity contribution in [3.05, 3.63) is 86.3 Å². The van der Waals surface area contributed by atoms with Crippen molar-refractivity contribution in [1.82, 2.24) is 9.97 Å². The molecule has 3 heterocycles. The summed E-state index contributed by atoms with van der Waals surface area (Å²) in [5.74, 6) is 0.549. The number of aromatic nitrogens is 2. The number of carbonyl (C=O) groups is 2. The van der Waals surface area contributed by atoms with Gasteiger partial charge in [-0.3, -0.25) is 9.59 Å². The van der Waals surface area contributed by atoms with E-state index < -0.39 is 18.3 Å². The van der Waals surface area contributed by atoms with Crippen LogP contribution in [0.1, 0.15) is 63.3 Å². The van der Waals surface area contributed by atoms with Gasteiger partial charge in [-0.15, -0.1) is 0 Å². The van der Waals surface area contributed by atoms with Crippen LogP contribution < -0.4 is 14.9 Å². The van der Waals surface area contributed by atoms with Crippen molar-refractivity contribution in [3.8, 4) is 34.3 Å². The molecule has 0 radical (unpaired) electrons. The van der Waals surface area contributed by atoms with Crippen molar-refractivity contribution < 1.29 is 28.4 Å². The topological polar surface area (TPSA) is 96.8 Å². The van der Waals surface area contributed by atoms with E-state index in [1.165, 1.54) is 14.2 Å². The van der Waals surface area contributed by atoms with Gasteiger partial charge in [0.25, 0.3) is 0 Å². The van der Waals surface area contributed by atoms with E-state index in [1.54, 1.807) is 24.3 Å². The van der Waals surface area contributed by atoms with Crippen LogP contribution in [-0.4, -0.2) is 55.1 Å². The van der Waals surface area contributed by atoms with E-state index in [0.717, 1.165) is 21.1 Å².